The molecule has 0 saturated heterocycles. The Kier molecular flexibility index (Phi) is 8.74. The highest BCUT2D eigenvalue weighted by molar-refractivity contribution is 5.72. The van der Waals surface area contributed by atoms with Crippen LogP contribution in [0.3, 0.4) is 0 Å². The summed E-state index contributed by atoms with van der Waals surface area (Å²) in [5.74, 6) is 1.70. The molecule has 1 aliphatic rings. The van der Waals surface area contributed by atoms with Gasteiger partial charge < -0.3 is 18.9 Å². The molecule has 0 atom stereocenters. The van der Waals surface area contributed by atoms with Crippen LogP contribution in [-0.2, 0) is 22.7 Å². The van der Waals surface area contributed by atoms with Gasteiger partial charge in [0.2, 0.25) is 11.8 Å². The van der Waals surface area contributed by atoms with Gasteiger partial charge in [-0.1, -0.05) is 72.8 Å². The van der Waals surface area contributed by atoms with E-state index >= 15 is 0 Å². The van der Waals surface area contributed by atoms with Crippen molar-refractivity contribution in [2.75, 3.05) is 7.11 Å². The number of esters is 1. The Morgan fingerprint density at radius 1 is 0.744 bits per heavy atom. The third-order valence-corrected chi connectivity index (χ3v) is 6.96. The molecule has 1 aliphatic carbocycles. The highest BCUT2D eigenvalue weighted by Crippen LogP contribution is 2.34. The molecule has 0 spiro atoms. The molecule has 0 radical (unpaired) electrons. The first-order valence-corrected chi connectivity index (χ1v) is 13.4. The third-order valence-electron chi connectivity index (χ3n) is 6.96. The zero-order valence-corrected chi connectivity index (χ0v) is 22.1. The summed E-state index contributed by atoms with van der Waals surface area (Å²) in [7, 11) is 1.45. The van der Waals surface area contributed by atoms with Gasteiger partial charge >= 0.3 is 5.97 Å². The van der Waals surface area contributed by atoms with Crippen molar-refractivity contribution in [3.05, 3.63) is 108 Å². The molecule has 1 aromatic heterocycles. The molecule has 0 unspecified atom stereocenters. The predicted octanol–water partition coefficient (Wildman–Crippen LogP) is 7.02. The van der Waals surface area contributed by atoms with Crippen molar-refractivity contribution in [1.29, 1.82) is 0 Å². The number of rotatable bonds is 10. The summed E-state index contributed by atoms with van der Waals surface area (Å²) in [5.41, 5.74) is 3.99. The van der Waals surface area contributed by atoms with Crippen LogP contribution in [0.4, 0.5) is 0 Å². The molecular weight excluding hydrogens is 490 g/mol. The van der Waals surface area contributed by atoms with Crippen LogP contribution in [-0.4, -0.2) is 24.2 Å². The van der Waals surface area contributed by atoms with E-state index in [-0.39, 0.29) is 18.0 Å². The van der Waals surface area contributed by atoms with Gasteiger partial charge in [-0.2, -0.15) is 4.98 Å². The zero-order chi connectivity index (χ0) is 26.9. The van der Waals surface area contributed by atoms with Crippen molar-refractivity contribution < 1.29 is 23.7 Å². The number of carbonyl (C=O) groups excluding carboxylic acids is 1. The molecule has 1 saturated carbocycles. The largest absolute Gasteiger partial charge is 0.490 e. The van der Waals surface area contributed by atoms with E-state index < -0.39 is 0 Å². The van der Waals surface area contributed by atoms with Crippen molar-refractivity contribution in [3.63, 3.8) is 0 Å². The van der Waals surface area contributed by atoms with Gasteiger partial charge in [0, 0.05) is 11.6 Å². The van der Waals surface area contributed by atoms with Crippen LogP contribution in [0.5, 0.6) is 17.5 Å². The maximum atomic E-state index is 11.8. The van der Waals surface area contributed by atoms with Crippen LogP contribution >= 0.6 is 0 Å². The Morgan fingerprint density at radius 2 is 1.36 bits per heavy atom. The Balaban J connectivity index is 1.28. The van der Waals surface area contributed by atoms with E-state index in [0.717, 1.165) is 53.7 Å². The fraction of sp³-hybridized carbons (Fsp3) is 0.273. The van der Waals surface area contributed by atoms with Crippen molar-refractivity contribution in [3.8, 4) is 28.6 Å². The number of ether oxygens (including phenoxy) is 4. The number of pyridine rings is 1. The summed E-state index contributed by atoms with van der Waals surface area (Å²) in [6.07, 6.45) is 3.37. The van der Waals surface area contributed by atoms with Crippen LogP contribution in [0.15, 0.2) is 97.1 Å². The maximum Gasteiger partial charge on any atom is 0.308 e. The quantitative estimate of drug-likeness (QED) is 0.208. The van der Waals surface area contributed by atoms with Gasteiger partial charge in [0.05, 0.1) is 19.1 Å². The number of methoxy groups -OCH3 is 1. The summed E-state index contributed by atoms with van der Waals surface area (Å²) in [5, 5.41) is 0. The van der Waals surface area contributed by atoms with E-state index in [1.807, 2.05) is 97.1 Å². The molecule has 1 heterocycles. The van der Waals surface area contributed by atoms with E-state index in [2.05, 4.69) is 0 Å². The lowest BCUT2D eigenvalue weighted by atomic mass is 9.87. The predicted molar refractivity (Wildman–Crippen MR) is 150 cm³/mol. The van der Waals surface area contributed by atoms with Crippen molar-refractivity contribution >= 4 is 5.97 Å². The standard InChI is InChI=1S/C33H33NO5/c1-36-33(35)27-14-18-29(19-15-27)39-28-16-12-26(13-17-28)30-20-21-31(37-22-24-8-4-2-5-9-24)34-32(30)38-23-25-10-6-3-7-11-25/h2-13,16-17,20-21,27,29H,14-15,18-19,22-23H2,1H3. The zero-order valence-electron chi connectivity index (χ0n) is 22.1. The highest BCUT2D eigenvalue weighted by Gasteiger charge is 2.27. The lowest BCUT2D eigenvalue weighted by Gasteiger charge is -2.27. The molecule has 5 rings (SSSR count). The van der Waals surface area contributed by atoms with Gasteiger partial charge in [-0.25, -0.2) is 0 Å². The van der Waals surface area contributed by atoms with Crippen molar-refractivity contribution in [1.82, 2.24) is 4.98 Å². The van der Waals surface area contributed by atoms with E-state index in [9.17, 15) is 4.79 Å². The first-order chi connectivity index (χ1) is 19.2. The van der Waals surface area contributed by atoms with Gasteiger partial charge in [0.1, 0.15) is 19.0 Å². The molecule has 3 aromatic carbocycles. The molecule has 0 aliphatic heterocycles. The molecule has 39 heavy (non-hydrogen) atoms. The first-order valence-electron chi connectivity index (χ1n) is 13.4. The molecular formula is C33H33NO5. The molecule has 6 heteroatoms. The van der Waals surface area contributed by atoms with Crippen LogP contribution in [0.25, 0.3) is 11.1 Å². The molecule has 0 bridgehead atoms. The van der Waals surface area contributed by atoms with E-state index in [1.165, 1.54) is 7.11 Å². The second kappa shape index (κ2) is 13.0. The minimum Gasteiger partial charge on any atom is -0.490 e. The van der Waals surface area contributed by atoms with Gasteiger partial charge in [0.25, 0.3) is 0 Å². The van der Waals surface area contributed by atoms with Gasteiger partial charge in [-0.15, -0.1) is 0 Å². The summed E-state index contributed by atoms with van der Waals surface area (Å²) in [6.45, 7) is 0.831. The minimum absolute atomic E-state index is 0.0151. The topological polar surface area (TPSA) is 66.9 Å². The second-order valence-corrected chi connectivity index (χ2v) is 9.69. The van der Waals surface area contributed by atoms with Crippen LogP contribution in [0, 0.1) is 5.92 Å². The summed E-state index contributed by atoms with van der Waals surface area (Å²) >= 11 is 0. The fourth-order valence-corrected chi connectivity index (χ4v) is 4.78. The van der Waals surface area contributed by atoms with E-state index in [1.54, 1.807) is 0 Å². The normalized spacial score (nSPS) is 16.7. The highest BCUT2D eigenvalue weighted by atomic mass is 16.5. The number of carbonyl (C=O) groups is 1. The fourth-order valence-electron chi connectivity index (χ4n) is 4.78. The Bertz CT molecular complexity index is 1330. The average molecular weight is 524 g/mol. The summed E-state index contributed by atoms with van der Waals surface area (Å²) < 4.78 is 23.3. The Labute approximate surface area is 229 Å². The number of hydrogen-bond acceptors (Lipinski definition) is 6. The van der Waals surface area contributed by atoms with Crippen molar-refractivity contribution in [2.24, 2.45) is 5.92 Å². The van der Waals surface area contributed by atoms with Crippen LogP contribution in [0.1, 0.15) is 36.8 Å². The van der Waals surface area contributed by atoms with Gasteiger partial charge in [0.15, 0.2) is 0 Å². The summed E-state index contributed by atoms with van der Waals surface area (Å²) in [4.78, 5) is 16.5. The third kappa shape index (κ3) is 7.17. The SMILES string of the molecule is COC(=O)C1CCC(Oc2ccc(-c3ccc(OCc4ccccc4)nc3OCc3ccccc3)cc2)CC1. The molecule has 1 fully saturated rings. The van der Waals surface area contributed by atoms with Crippen LogP contribution < -0.4 is 14.2 Å². The lowest BCUT2D eigenvalue weighted by Crippen LogP contribution is -2.28. The minimum atomic E-state index is -0.117. The molecule has 0 amide bonds. The molecule has 6 nitrogen and oxygen atoms in total. The number of aromatic nitrogens is 1. The first kappa shape index (κ1) is 26.3. The van der Waals surface area contributed by atoms with Crippen molar-refractivity contribution in [2.45, 2.75) is 45.0 Å². The lowest BCUT2D eigenvalue weighted by molar-refractivity contribution is -0.147. The number of nitrogens with zero attached hydrogens (tertiary/aromatic N) is 1. The number of benzene rings is 3. The second-order valence-electron chi connectivity index (χ2n) is 9.69. The Hall–Kier alpha value is -4.32. The maximum absolute atomic E-state index is 11.8. The number of hydrogen-bond donors (Lipinski definition) is 0. The van der Waals surface area contributed by atoms with Gasteiger partial charge in [-0.3, -0.25) is 4.79 Å². The molecule has 4 aromatic rings. The monoisotopic (exact) mass is 523 g/mol. The van der Waals surface area contributed by atoms with E-state index in [0.29, 0.717) is 25.0 Å². The van der Waals surface area contributed by atoms with Crippen LogP contribution in [0.2, 0.25) is 0 Å². The van der Waals surface area contributed by atoms with Gasteiger partial charge in [-0.05, 0) is 60.6 Å². The average Bonchev–Trinajstić information content (AvgIpc) is 3.00. The molecule has 200 valence electrons. The van der Waals surface area contributed by atoms with E-state index in [4.69, 9.17) is 23.9 Å². The molecule has 0 N–H and O–H groups in total. The Morgan fingerprint density at radius 3 is 1.97 bits per heavy atom. The summed E-state index contributed by atoms with van der Waals surface area (Å²) in [6, 6.07) is 31.9. The smallest absolute Gasteiger partial charge is 0.308 e.